The summed E-state index contributed by atoms with van der Waals surface area (Å²) in [5.74, 6) is -0.134. The molecule has 1 rings (SSSR count). The van der Waals surface area contributed by atoms with E-state index >= 15 is 0 Å². The zero-order valence-electron chi connectivity index (χ0n) is 13.0. The number of amides is 1. The minimum Gasteiger partial charge on any atom is -0.504 e. The third kappa shape index (κ3) is 4.93. The topological polar surface area (TPSA) is 95.6 Å². The zero-order valence-corrected chi connectivity index (χ0v) is 13.0. The van der Waals surface area contributed by atoms with Gasteiger partial charge in [-0.25, -0.2) is 0 Å². The maximum Gasteiger partial charge on any atom is 0.237 e. The molecule has 1 unspecified atom stereocenters. The van der Waals surface area contributed by atoms with Crippen LogP contribution in [0.5, 0.6) is 11.5 Å². The van der Waals surface area contributed by atoms with Crippen LogP contribution in [-0.2, 0) is 11.2 Å². The first-order valence-corrected chi connectivity index (χ1v) is 7.45. The number of nitrogens with one attached hydrogen (secondary N) is 1. The minimum atomic E-state index is -0.675. The highest BCUT2D eigenvalue weighted by molar-refractivity contribution is 5.82. The summed E-state index contributed by atoms with van der Waals surface area (Å²) >= 11 is 0. The van der Waals surface area contributed by atoms with E-state index in [9.17, 15) is 15.0 Å². The molecular weight excluding hydrogens is 268 g/mol. The third-order valence-electron chi connectivity index (χ3n) is 3.96. The minimum absolute atomic E-state index is 0.0896. The molecule has 5 N–H and O–H groups in total. The Balaban J connectivity index is 2.60. The molecule has 21 heavy (non-hydrogen) atoms. The Hall–Kier alpha value is -1.75. The van der Waals surface area contributed by atoms with Crippen LogP contribution in [0.25, 0.3) is 0 Å². The second kappa shape index (κ2) is 7.88. The Bertz CT molecular complexity index is 473. The molecule has 1 aromatic rings. The van der Waals surface area contributed by atoms with Crippen molar-refractivity contribution in [3.63, 3.8) is 0 Å². The van der Waals surface area contributed by atoms with Crippen LogP contribution in [0.15, 0.2) is 18.2 Å². The summed E-state index contributed by atoms with van der Waals surface area (Å²) < 4.78 is 0. The van der Waals surface area contributed by atoms with Gasteiger partial charge in [0.2, 0.25) is 5.91 Å². The van der Waals surface area contributed by atoms with Crippen molar-refractivity contribution in [3.05, 3.63) is 23.8 Å². The summed E-state index contributed by atoms with van der Waals surface area (Å²) in [5.41, 5.74) is 6.62. The SMILES string of the molecule is CCC(CC)C(C)NC(=O)[C@@H](N)Cc1ccc(O)c(O)c1. The molecule has 0 heterocycles. The van der Waals surface area contributed by atoms with Crippen LogP contribution < -0.4 is 11.1 Å². The predicted molar refractivity (Wildman–Crippen MR) is 83.1 cm³/mol. The van der Waals surface area contributed by atoms with Gasteiger partial charge in [0, 0.05) is 6.04 Å². The number of aromatic hydroxyl groups is 2. The summed E-state index contributed by atoms with van der Waals surface area (Å²) in [6.07, 6.45) is 2.34. The lowest BCUT2D eigenvalue weighted by Crippen LogP contribution is -2.47. The fourth-order valence-corrected chi connectivity index (χ4v) is 2.49. The Morgan fingerprint density at radius 1 is 1.24 bits per heavy atom. The van der Waals surface area contributed by atoms with Crippen LogP contribution in [0, 0.1) is 5.92 Å². The van der Waals surface area contributed by atoms with E-state index in [1.165, 1.54) is 12.1 Å². The number of phenolic OH excluding ortho intramolecular Hbond substituents is 2. The van der Waals surface area contributed by atoms with Crippen molar-refractivity contribution in [2.24, 2.45) is 11.7 Å². The lowest BCUT2D eigenvalue weighted by molar-refractivity contribution is -0.123. The Morgan fingerprint density at radius 3 is 2.38 bits per heavy atom. The molecule has 5 nitrogen and oxygen atoms in total. The standard InChI is InChI=1S/C16H26N2O3/c1-4-12(5-2)10(3)18-16(21)13(17)8-11-6-7-14(19)15(20)9-11/h6-7,9-10,12-13,19-20H,4-5,8,17H2,1-3H3,(H,18,21)/t10?,13-/m0/s1. The van der Waals surface area contributed by atoms with Gasteiger partial charge < -0.3 is 21.3 Å². The highest BCUT2D eigenvalue weighted by Gasteiger charge is 2.20. The largest absolute Gasteiger partial charge is 0.504 e. The van der Waals surface area contributed by atoms with E-state index in [0.29, 0.717) is 17.9 Å². The number of carbonyl (C=O) groups is 1. The normalized spacial score (nSPS) is 14.0. The lowest BCUT2D eigenvalue weighted by Gasteiger charge is -2.24. The fraction of sp³-hybridized carbons (Fsp3) is 0.562. The molecule has 1 amide bonds. The van der Waals surface area contributed by atoms with E-state index in [4.69, 9.17) is 5.73 Å². The van der Waals surface area contributed by atoms with E-state index in [1.807, 2.05) is 6.92 Å². The van der Waals surface area contributed by atoms with Gasteiger partial charge in [-0.15, -0.1) is 0 Å². The number of benzene rings is 1. The van der Waals surface area contributed by atoms with E-state index in [1.54, 1.807) is 6.07 Å². The van der Waals surface area contributed by atoms with Crippen molar-refractivity contribution in [1.29, 1.82) is 0 Å². The molecule has 0 saturated heterocycles. The maximum absolute atomic E-state index is 12.1. The second-order valence-corrected chi connectivity index (χ2v) is 5.51. The monoisotopic (exact) mass is 294 g/mol. The first-order chi connectivity index (χ1) is 9.88. The van der Waals surface area contributed by atoms with Gasteiger partial charge in [0.05, 0.1) is 6.04 Å². The van der Waals surface area contributed by atoms with Crippen LogP contribution in [-0.4, -0.2) is 28.2 Å². The van der Waals surface area contributed by atoms with Gasteiger partial charge in [0.15, 0.2) is 11.5 Å². The number of hydrogen-bond donors (Lipinski definition) is 4. The Kier molecular flexibility index (Phi) is 6.49. The quantitative estimate of drug-likeness (QED) is 0.578. The summed E-state index contributed by atoms with van der Waals surface area (Å²) in [6, 6.07) is 3.87. The second-order valence-electron chi connectivity index (χ2n) is 5.51. The van der Waals surface area contributed by atoms with Gasteiger partial charge in [0.25, 0.3) is 0 Å². The van der Waals surface area contributed by atoms with Gasteiger partial charge in [-0.2, -0.15) is 0 Å². The van der Waals surface area contributed by atoms with Crippen molar-refractivity contribution >= 4 is 5.91 Å². The molecule has 0 aliphatic rings. The third-order valence-corrected chi connectivity index (χ3v) is 3.96. The molecular formula is C16H26N2O3. The van der Waals surface area contributed by atoms with E-state index in [-0.39, 0.29) is 23.4 Å². The number of carbonyl (C=O) groups excluding carboxylic acids is 1. The van der Waals surface area contributed by atoms with Crippen molar-refractivity contribution in [2.45, 2.75) is 52.1 Å². The van der Waals surface area contributed by atoms with Crippen LogP contribution in [0.1, 0.15) is 39.2 Å². The van der Waals surface area contributed by atoms with Gasteiger partial charge >= 0.3 is 0 Å². The molecule has 0 spiro atoms. The van der Waals surface area contributed by atoms with Gasteiger partial charge in [-0.05, 0) is 37.0 Å². The lowest BCUT2D eigenvalue weighted by atomic mass is 9.95. The highest BCUT2D eigenvalue weighted by atomic mass is 16.3. The highest BCUT2D eigenvalue weighted by Crippen LogP contribution is 2.25. The fourth-order valence-electron chi connectivity index (χ4n) is 2.49. The van der Waals surface area contributed by atoms with E-state index in [2.05, 4.69) is 19.2 Å². The number of rotatable bonds is 7. The summed E-state index contributed by atoms with van der Waals surface area (Å²) in [5, 5.41) is 21.7. The molecule has 118 valence electrons. The Labute approximate surface area is 126 Å². The van der Waals surface area contributed by atoms with Gasteiger partial charge in [0.1, 0.15) is 0 Å². The smallest absolute Gasteiger partial charge is 0.237 e. The van der Waals surface area contributed by atoms with Crippen molar-refractivity contribution in [2.75, 3.05) is 0 Å². The summed E-state index contributed by atoms with van der Waals surface area (Å²) in [4.78, 5) is 12.1. The van der Waals surface area contributed by atoms with E-state index in [0.717, 1.165) is 12.8 Å². The van der Waals surface area contributed by atoms with Gasteiger partial charge in [-0.1, -0.05) is 32.8 Å². The number of phenols is 2. The average Bonchev–Trinajstić information content (AvgIpc) is 2.44. The molecule has 5 heteroatoms. The summed E-state index contributed by atoms with van der Waals surface area (Å²) in [7, 11) is 0. The zero-order chi connectivity index (χ0) is 16.0. The average molecular weight is 294 g/mol. The number of nitrogens with two attached hydrogens (primary N) is 1. The number of hydrogen-bond acceptors (Lipinski definition) is 4. The van der Waals surface area contributed by atoms with Crippen LogP contribution in [0.4, 0.5) is 0 Å². The molecule has 0 radical (unpaired) electrons. The molecule has 1 aromatic carbocycles. The van der Waals surface area contributed by atoms with E-state index < -0.39 is 6.04 Å². The summed E-state index contributed by atoms with van der Waals surface area (Å²) in [6.45, 7) is 6.21. The Morgan fingerprint density at radius 2 is 1.86 bits per heavy atom. The molecule has 0 aliphatic carbocycles. The molecule has 0 aliphatic heterocycles. The first kappa shape index (κ1) is 17.3. The van der Waals surface area contributed by atoms with Crippen LogP contribution in [0.2, 0.25) is 0 Å². The molecule has 0 saturated carbocycles. The van der Waals surface area contributed by atoms with Crippen molar-refractivity contribution < 1.29 is 15.0 Å². The van der Waals surface area contributed by atoms with Gasteiger partial charge in [-0.3, -0.25) is 4.79 Å². The first-order valence-electron chi connectivity index (χ1n) is 7.45. The molecule has 0 fully saturated rings. The van der Waals surface area contributed by atoms with Crippen LogP contribution in [0.3, 0.4) is 0 Å². The molecule has 0 bridgehead atoms. The van der Waals surface area contributed by atoms with Crippen molar-refractivity contribution in [1.82, 2.24) is 5.32 Å². The van der Waals surface area contributed by atoms with Crippen LogP contribution >= 0.6 is 0 Å². The predicted octanol–water partition coefficient (Wildman–Crippen LogP) is 1.91. The molecule has 2 atom stereocenters. The maximum atomic E-state index is 12.1. The van der Waals surface area contributed by atoms with Crippen molar-refractivity contribution in [3.8, 4) is 11.5 Å². The molecule has 0 aromatic heterocycles.